The van der Waals surface area contributed by atoms with Crippen LogP contribution in [0.15, 0.2) is 42.5 Å². The van der Waals surface area contributed by atoms with Crippen molar-refractivity contribution in [2.75, 3.05) is 0 Å². The highest BCUT2D eigenvalue weighted by molar-refractivity contribution is 6.08. The van der Waals surface area contributed by atoms with E-state index >= 15 is 0 Å². The highest BCUT2D eigenvalue weighted by atomic mass is 14.0. The summed E-state index contributed by atoms with van der Waals surface area (Å²) >= 11 is 0. The summed E-state index contributed by atoms with van der Waals surface area (Å²) in [6.07, 6.45) is 1.12. The topological polar surface area (TPSA) is 0 Å². The van der Waals surface area contributed by atoms with E-state index < -0.39 is 0 Å². The zero-order valence-electron chi connectivity index (χ0n) is 7.25. The molecule has 0 aliphatic rings. The van der Waals surface area contributed by atoms with Crippen LogP contribution in [0, 0.1) is 0 Å². The van der Waals surface area contributed by atoms with Crippen LogP contribution in [-0.2, 0) is 6.32 Å². The quantitative estimate of drug-likeness (QED) is 0.551. The van der Waals surface area contributed by atoms with Crippen molar-refractivity contribution in [3.8, 4) is 0 Å². The maximum absolute atomic E-state index is 2.26. The van der Waals surface area contributed by atoms with Gasteiger partial charge in [0.15, 0.2) is 0 Å². The summed E-state index contributed by atoms with van der Waals surface area (Å²) < 4.78 is 0. The van der Waals surface area contributed by atoms with E-state index in [9.17, 15) is 0 Å². The fourth-order valence-electron chi connectivity index (χ4n) is 1.46. The van der Waals surface area contributed by atoms with Crippen LogP contribution < -0.4 is 0 Å². The zero-order valence-corrected chi connectivity index (χ0v) is 7.25. The smallest absolute Gasteiger partial charge is 0.0616 e. The Kier molecular flexibility index (Phi) is 1.87. The lowest BCUT2D eigenvalue weighted by atomic mass is 9.95. The van der Waals surface area contributed by atoms with Gasteiger partial charge in [0.1, 0.15) is 7.85 Å². The van der Waals surface area contributed by atoms with Crippen LogP contribution in [0.1, 0.15) is 5.56 Å². The first-order valence-corrected chi connectivity index (χ1v) is 4.38. The summed E-state index contributed by atoms with van der Waals surface area (Å²) in [7, 11) is 2.18. The van der Waals surface area contributed by atoms with Crippen LogP contribution in [0.25, 0.3) is 10.8 Å². The van der Waals surface area contributed by atoms with Gasteiger partial charge in [0.05, 0.1) is 0 Å². The lowest BCUT2D eigenvalue weighted by Gasteiger charge is -1.99. The van der Waals surface area contributed by atoms with E-state index in [1.165, 1.54) is 16.3 Å². The van der Waals surface area contributed by atoms with Gasteiger partial charge in [0.2, 0.25) is 0 Å². The summed E-state index contributed by atoms with van der Waals surface area (Å²) in [4.78, 5) is 0. The molecular weight excluding hydrogens is 143 g/mol. The molecule has 0 heterocycles. The molecule has 0 radical (unpaired) electrons. The van der Waals surface area contributed by atoms with E-state index in [0.29, 0.717) is 0 Å². The monoisotopic (exact) mass is 154 g/mol. The van der Waals surface area contributed by atoms with E-state index in [4.69, 9.17) is 0 Å². The Labute approximate surface area is 73.6 Å². The molecule has 0 N–H and O–H groups in total. The molecular formula is C11H11B. The van der Waals surface area contributed by atoms with Crippen molar-refractivity contribution in [1.29, 1.82) is 0 Å². The molecule has 0 fully saturated rings. The molecule has 2 aromatic carbocycles. The Morgan fingerprint density at radius 3 is 2.42 bits per heavy atom. The maximum atomic E-state index is 2.26. The molecule has 0 bridgehead atoms. The molecule has 0 amide bonds. The van der Waals surface area contributed by atoms with E-state index in [1.54, 1.807) is 0 Å². The van der Waals surface area contributed by atoms with Gasteiger partial charge in [-0.3, -0.25) is 0 Å². The standard InChI is InChI=1S/C11H11B/c12-8-9-5-6-10-3-1-2-4-11(10)7-9/h1-7H,8,12H2. The lowest BCUT2D eigenvalue weighted by molar-refractivity contribution is 1.42. The number of rotatable bonds is 1. The molecule has 0 aliphatic carbocycles. The Morgan fingerprint density at radius 1 is 0.917 bits per heavy atom. The summed E-state index contributed by atoms with van der Waals surface area (Å²) in [5.41, 5.74) is 1.41. The van der Waals surface area contributed by atoms with Gasteiger partial charge < -0.3 is 0 Å². The van der Waals surface area contributed by atoms with Crippen molar-refractivity contribution in [1.82, 2.24) is 0 Å². The van der Waals surface area contributed by atoms with Gasteiger partial charge in [0, 0.05) is 0 Å². The first-order chi connectivity index (χ1) is 5.90. The fourth-order valence-corrected chi connectivity index (χ4v) is 1.46. The van der Waals surface area contributed by atoms with Crippen LogP contribution in [0.2, 0.25) is 0 Å². The fraction of sp³-hybridized carbons (Fsp3) is 0.0909. The van der Waals surface area contributed by atoms with E-state index in [2.05, 4.69) is 50.3 Å². The van der Waals surface area contributed by atoms with Gasteiger partial charge in [0.25, 0.3) is 0 Å². The molecule has 0 spiro atoms. The van der Waals surface area contributed by atoms with Gasteiger partial charge in [-0.15, -0.1) is 0 Å². The van der Waals surface area contributed by atoms with Crippen molar-refractivity contribution < 1.29 is 0 Å². The molecule has 0 aromatic heterocycles. The van der Waals surface area contributed by atoms with Crippen molar-refractivity contribution >= 4 is 18.6 Å². The predicted octanol–water partition coefficient (Wildman–Crippen LogP) is 1.97. The zero-order chi connectivity index (χ0) is 8.39. The van der Waals surface area contributed by atoms with E-state index in [-0.39, 0.29) is 0 Å². The summed E-state index contributed by atoms with van der Waals surface area (Å²) in [5.74, 6) is 0. The minimum absolute atomic E-state index is 1.12. The number of fused-ring (bicyclic) bond motifs is 1. The first-order valence-electron chi connectivity index (χ1n) is 4.38. The lowest BCUT2D eigenvalue weighted by Crippen LogP contribution is -1.82. The van der Waals surface area contributed by atoms with Gasteiger partial charge in [-0.1, -0.05) is 54.3 Å². The van der Waals surface area contributed by atoms with Gasteiger partial charge >= 0.3 is 0 Å². The second-order valence-electron chi connectivity index (χ2n) is 3.04. The average Bonchev–Trinajstić information content (AvgIpc) is 2.17. The highest BCUT2D eigenvalue weighted by Gasteiger charge is 1.92. The summed E-state index contributed by atoms with van der Waals surface area (Å²) in [6, 6.07) is 15.1. The first kappa shape index (κ1) is 7.42. The van der Waals surface area contributed by atoms with Gasteiger partial charge in [-0.2, -0.15) is 0 Å². The number of hydrogen-bond acceptors (Lipinski definition) is 0. The SMILES string of the molecule is BCc1ccc2ccccc2c1. The predicted molar refractivity (Wildman–Crippen MR) is 56.2 cm³/mol. The van der Waals surface area contributed by atoms with Crippen LogP contribution in [0.3, 0.4) is 0 Å². The molecule has 58 valence electrons. The summed E-state index contributed by atoms with van der Waals surface area (Å²) in [6.45, 7) is 0. The molecule has 0 nitrogen and oxygen atoms in total. The summed E-state index contributed by atoms with van der Waals surface area (Å²) in [5, 5.41) is 2.67. The van der Waals surface area contributed by atoms with Crippen LogP contribution in [0.5, 0.6) is 0 Å². The largest absolute Gasteiger partial charge is 0.107 e. The molecule has 0 saturated heterocycles. The second kappa shape index (κ2) is 3.02. The van der Waals surface area contributed by atoms with Crippen LogP contribution in [0.4, 0.5) is 0 Å². The highest BCUT2D eigenvalue weighted by Crippen LogP contribution is 2.15. The minimum Gasteiger partial charge on any atom is -0.0616 e. The number of benzene rings is 2. The molecule has 2 rings (SSSR count). The number of hydrogen-bond donors (Lipinski definition) is 0. The van der Waals surface area contributed by atoms with E-state index in [1.807, 2.05) is 0 Å². The van der Waals surface area contributed by atoms with Crippen molar-refractivity contribution in [2.24, 2.45) is 0 Å². The second-order valence-corrected chi connectivity index (χ2v) is 3.04. The Balaban J connectivity index is 2.67. The normalized spacial score (nSPS) is 10.3. The third-order valence-electron chi connectivity index (χ3n) is 2.22. The maximum Gasteiger partial charge on any atom is 0.107 e. The molecule has 0 unspecified atom stereocenters. The Hall–Kier alpha value is -1.24. The third kappa shape index (κ3) is 1.23. The van der Waals surface area contributed by atoms with Gasteiger partial charge in [-0.05, 0) is 10.8 Å². The van der Waals surface area contributed by atoms with E-state index in [0.717, 1.165) is 6.32 Å². The average molecular weight is 154 g/mol. The van der Waals surface area contributed by atoms with Crippen LogP contribution >= 0.6 is 0 Å². The van der Waals surface area contributed by atoms with Crippen molar-refractivity contribution in [3.63, 3.8) is 0 Å². The molecule has 12 heavy (non-hydrogen) atoms. The minimum atomic E-state index is 1.12. The molecule has 2 aromatic rings. The molecule has 1 heteroatoms. The van der Waals surface area contributed by atoms with Gasteiger partial charge in [-0.25, -0.2) is 0 Å². The van der Waals surface area contributed by atoms with Crippen molar-refractivity contribution in [2.45, 2.75) is 6.32 Å². The van der Waals surface area contributed by atoms with Crippen LogP contribution in [-0.4, -0.2) is 7.85 Å². The third-order valence-corrected chi connectivity index (χ3v) is 2.22. The molecule has 0 saturated carbocycles. The Bertz CT molecular complexity index is 393. The Morgan fingerprint density at radius 2 is 1.67 bits per heavy atom. The van der Waals surface area contributed by atoms with Crippen molar-refractivity contribution in [3.05, 3.63) is 48.0 Å². The molecule has 0 aliphatic heterocycles. The molecule has 0 atom stereocenters.